The largest absolute Gasteiger partial charge is 0.347 e. The molecule has 0 saturated carbocycles. The number of Topliss-reactive ketones (excluding diaryl/α,β-unsaturated/α-hetero) is 1. The topological polar surface area (TPSA) is 46.2 Å². The number of hydrogen-bond donors (Lipinski definition) is 1. The van der Waals surface area contributed by atoms with Crippen LogP contribution in [0.3, 0.4) is 0 Å². The van der Waals surface area contributed by atoms with Crippen molar-refractivity contribution in [2.75, 3.05) is 0 Å². The Morgan fingerprint density at radius 2 is 1.50 bits per heavy atom. The Kier molecular flexibility index (Phi) is 6.62. The third-order valence-corrected chi connectivity index (χ3v) is 5.02. The van der Waals surface area contributed by atoms with Crippen LogP contribution in [0.1, 0.15) is 68.9 Å². The van der Waals surface area contributed by atoms with Crippen LogP contribution in [0.25, 0.3) is 0 Å². The maximum absolute atomic E-state index is 13.4. The standard InChI is InChI=1S/C23H27Cl2NO2/c1-22(2,3)20(27)19(14-11-12-17(24)18(25)13-14)15-9-7-8-10-16(15)21(28)26-23(4,5)6/h7-13,19H,1-6H3,(H,26,28). The summed E-state index contributed by atoms with van der Waals surface area (Å²) in [5, 5.41) is 3.78. The molecule has 3 nitrogen and oxygen atoms in total. The fraction of sp³-hybridized carbons (Fsp3) is 0.391. The van der Waals surface area contributed by atoms with E-state index in [9.17, 15) is 9.59 Å². The van der Waals surface area contributed by atoms with Crippen LogP contribution in [0.15, 0.2) is 42.5 Å². The van der Waals surface area contributed by atoms with E-state index in [1.807, 2.05) is 53.7 Å². The second-order valence-corrected chi connectivity index (χ2v) is 9.83. The molecule has 1 N–H and O–H groups in total. The number of amides is 1. The van der Waals surface area contributed by atoms with E-state index in [0.717, 1.165) is 0 Å². The quantitative estimate of drug-likeness (QED) is 0.634. The predicted molar refractivity (Wildman–Crippen MR) is 116 cm³/mol. The first-order valence-electron chi connectivity index (χ1n) is 9.22. The molecule has 0 spiro atoms. The average Bonchev–Trinajstić information content (AvgIpc) is 2.56. The number of nitrogens with one attached hydrogen (secondary N) is 1. The lowest BCUT2D eigenvalue weighted by Crippen LogP contribution is -2.41. The second-order valence-electron chi connectivity index (χ2n) is 9.01. The van der Waals surface area contributed by atoms with Gasteiger partial charge in [0.1, 0.15) is 5.78 Å². The van der Waals surface area contributed by atoms with E-state index >= 15 is 0 Å². The maximum Gasteiger partial charge on any atom is 0.251 e. The highest BCUT2D eigenvalue weighted by Crippen LogP contribution is 2.37. The second kappa shape index (κ2) is 8.26. The number of carbonyl (C=O) groups is 2. The van der Waals surface area contributed by atoms with Crippen molar-refractivity contribution in [1.82, 2.24) is 5.32 Å². The lowest BCUT2D eigenvalue weighted by molar-refractivity contribution is -0.126. The lowest BCUT2D eigenvalue weighted by Gasteiger charge is -2.28. The predicted octanol–water partition coefficient (Wildman–Crippen LogP) is 6.27. The van der Waals surface area contributed by atoms with Gasteiger partial charge in [0, 0.05) is 16.5 Å². The molecule has 0 radical (unpaired) electrons. The minimum atomic E-state index is -0.628. The molecule has 0 heterocycles. The molecule has 0 fully saturated rings. The smallest absolute Gasteiger partial charge is 0.251 e. The summed E-state index contributed by atoms with van der Waals surface area (Å²) in [7, 11) is 0. The van der Waals surface area contributed by atoms with Gasteiger partial charge in [0.25, 0.3) is 5.91 Å². The van der Waals surface area contributed by atoms with Crippen molar-refractivity contribution in [2.45, 2.75) is 53.0 Å². The number of ketones is 1. The summed E-state index contributed by atoms with van der Waals surface area (Å²) < 4.78 is 0. The van der Waals surface area contributed by atoms with Crippen molar-refractivity contribution < 1.29 is 9.59 Å². The molecule has 150 valence electrons. The molecule has 1 atom stereocenters. The van der Waals surface area contributed by atoms with Gasteiger partial charge in [-0.2, -0.15) is 0 Å². The first kappa shape index (κ1) is 22.4. The van der Waals surface area contributed by atoms with Crippen LogP contribution in [-0.2, 0) is 4.79 Å². The molecule has 0 aliphatic heterocycles. The zero-order valence-corrected chi connectivity index (χ0v) is 18.7. The van der Waals surface area contributed by atoms with E-state index in [2.05, 4.69) is 5.32 Å². The average molecular weight is 420 g/mol. The van der Waals surface area contributed by atoms with Crippen molar-refractivity contribution in [1.29, 1.82) is 0 Å². The number of hydrogen-bond acceptors (Lipinski definition) is 2. The molecule has 0 aliphatic rings. The Balaban J connectivity index is 2.67. The molecule has 0 aromatic heterocycles. The molecule has 0 aliphatic carbocycles. The highest BCUT2D eigenvalue weighted by molar-refractivity contribution is 6.42. The molecule has 0 saturated heterocycles. The fourth-order valence-electron chi connectivity index (χ4n) is 2.96. The molecular formula is C23H27Cl2NO2. The number of carbonyl (C=O) groups excluding carboxylic acids is 2. The monoisotopic (exact) mass is 419 g/mol. The minimum Gasteiger partial charge on any atom is -0.347 e. The van der Waals surface area contributed by atoms with Gasteiger partial charge in [-0.3, -0.25) is 9.59 Å². The molecule has 2 aromatic rings. The number of halogens is 2. The first-order valence-corrected chi connectivity index (χ1v) is 9.97. The maximum atomic E-state index is 13.4. The summed E-state index contributed by atoms with van der Waals surface area (Å²) in [6, 6.07) is 12.4. The Bertz CT molecular complexity index is 892. The van der Waals surface area contributed by atoms with Gasteiger partial charge in [-0.05, 0) is 50.1 Å². The van der Waals surface area contributed by atoms with Crippen molar-refractivity contribution in [3.05, 3.63) is 69.2 Å². The molecule has 1 amide bonds. The van der Waals surface area contributed by atoms with Crippen LogP contribution in [0.4, 0.5) is 0 Å². The zero-order chi connectivity index (χ0) is 21.3. The van der Waals surface area contributed by atoms with Crippen LogP contribution in [0, 0.1) is 5.41 Å². The van der Waals surface area contributed by atoms with E-state index < -0.39 is 16.9 Å². The van der Waals surface area contributed by atoms with Gasteiger partial charge >= 0.3 is 0 Å². The van der Waals surface area contributed by atoms with Crippen LogP contribution >= 0.6 is 23.2 Å². The summed E-state index contributed by atoms with van der Waals surface area (Å²) in [4.78, 5) is 26.4. The third-order valence-electron chi connectivity index (χ3n) is 4.28. The van der Waals surface area contributed by atoms with E-state index in [-0.39, 0.29) is 11.7 Å². The van der Waals surface area contributed by atoms with Gasteiger partial charge in [-0.25, -0.2) is 0 Å². The normalized spacial score (nSPS) is 13.1. The van der Waals surface area contributed by atoms with Crippen LogP contribution < -0.4 is 5.32 Å². The Labute approximate surface area is 177 Å². The van der Waals surface area contributed by atoms with Gasteiger partial charge in [-0.1, -0.05) is 68.2 Å². The molecule has 2 aromatic carbocycles. The van der Waals surface area contributed by atoms with Crippen LogP contribution in [0.5, 0.6) is 0 Å². The van der Waals surface area contributed by atoms with Crippen LogP contribution in [-0.4, -0.2) is 17.2 Å². The van der Waals surface area contributed by atoms with Crippen molar-refractivity contribution >= 4 is 34.9 Å². The highest BCUT2D eigenvalue weighted by Gasteiger charge is 2.34. The molecular weight excluding hydrogens is 393 g/mol. The zero-order valence-electron chi connectivity index (χ0n) is 17.2. The van der Waals surface area contributed by atoms with Crippen molar-refractivity contribution in [3.63, 3.8) is 0 Å². The highest BCUT2D eigenvalue weighted by atomic mass is 35.5. The van der Waals surface area contributed by atoms with Gasteiger partial charge in [0.05, 0.1) is 16.0 Å². The van der Waals surface area contributed by atoms with E-state index in [1.54, 1.807) is 30.3 Å². The number of benzene rings is 2. The van der Waals surface area contributed by atoms with Crippen LogP contribution in [0.2, 0.25) is 10.0 Å². The SMILES string of the molecule is CC(C)(C)NC(=O)c1ccccc1C(C(=O)C(C)(C)C)c1ccc(Cl)c(Cl)c1. The summed E-state index contributed by atoms with van der Waals surface area (Å²) in [6.07, 6.45) is 0. The molecule has 1 unspecified atom stereocenters. The third kappa shape index (κ3) is 5.36. The Morgan fingerprint density at radius 1 is 0.893 bits per heavy atom. The molecule has 2 rings (SSSR count). The molecule has 5 heteroatoms. The van der Waals surface area contributed by atoms with Gasteiger partial charge in [0.2, 0.25) is 0 Å². The summed E-state index contributed by atoms with van der Waals surface area (Å²) >= 11 is 12.3. The molecule has 28 heavy (non-hydrogen) atoms. The van der Waals surface area contributed by atoms with Crippen molar-refractivity contribution in [3.8, 4) is 0 Å². The summed E-state index contributed by atoms with van der Waals surface area (Å²) in [6.45, 7) is 11.4. The molecule has 0 bridgehead atoms. The Hall–Kier alpha value is -1.84. The number of rotatable bonds is 4. The lowest BCUT2D eigenvalue weighted by atomic mass is 9.75. The Morgan fingerprint density at radius 3 is 2.04 bits per heavy atom. The van der Waals surface area contributed by atoms with Crippen molar-refractivity contribution in [2.24, 2.45) is 5.41 Å². The fourth-order valence-corrected chi connectivity index (χ4v) is 3.27. The van der Waals surface area contributed by atoms with E-state index in [0.29, 0.717) is 26.7 Å². The van der Waals surface area contributed by atoms with Gasteiger partial charge in [-0.15, -0.1) is 0 Å². The summed E-state index contributed by atoms with van der Waals surface area (Å²) in [5.74, 6) is -0.839. The summed E-state index contributed by atoms with van der Waals surface area (Å²) in [5.41, 5.74) is 0.848. The van der Waals surface area contributed by atoms with E-state index in [1.165, 1.54) is 0 Å². The van der Waals surface area contributed by atoms with Gasteiger partial charge < -0.3 is 5.32 Å². The van der Waals surface area contributed by atoms with E-state index in [4.69, 9.17) is 23.2 Å². The van der Waals surface area contributed by atoms with Gasteiger partial charge in [0.15, 0.2) is 0 Å². The first-order chi connectivity index (χ1) is 12.8. The minimum absolute atomic E-state index is 0.00176.